The third kappa shape index (κ3) is 7.08. The first kappa shape index (κ1) is 26.2. The second kappa shape index (κ2) is 12.4. The van der Waals surface area contributed by atoms with E-state index in [2.05, 4.69) is 20.8 Å². The first-order chi connectivity index (χ1) is 17.4. The van der Waals surface area contributed by atoms with Gasteiger partial charge in [0, 0.05) is 48.6 Å². The summed E-state index contributed by atoms with van der Waals surface area (Å²) < 4.78 is 27.8. The molecule has 0 aliphatic carbocycles. The highest BCUT2D eigenvalue weighted by molar-refractivity contribution is 9.10. The quantitative estimate of drug-likeness (QED) is 0.323. The molecule has 0 spiro atoms. The second-order valence-electron chi connectivity index (χ2n) is 9.16. The number of hydrogen-bond donors (Lipinski definition) is 0. The summed E-state index contributed by atoms with van der Waals surface area (Å²) in [7, 11) is 0. The van der Waals surface area contributed by atoms with E-state index in [0.717, 1.165) is 15.6 Å². The SMILES string of the molecule is O=C(CCCC(c1ccc(F)cc1)c1ccc(F)cc1)CN1CCN(C(=O)c2ccc(Br)cc2)CC1. The topological polar surface area (TPSA) is 40.6 Å². The van der Waals surface area contributed by atoms with Crippen molar-refractivity contribution in [2.45, 2.75) is 25.2 Å². The molecule has 0 aromatic heterocycles. The molecule has 1 saturated heterocycles. The van der Waals surface area contributed by atoms with Crippen LogP contribution in [0.1, 0.15) is 46.7 Å². The molecule has 3 aromatic rings. The number of benzene rings is 3. The van der Waals surface area contributed by atoms with Crippen molar-refractivity contribution in [2.24, 2.45) is 0 Å². The van der Waals surface area contributed by atoms with E-state index in [1.807, 2.05) is 29.2 Å². The lowest BCUT2D eigenvalue weighted by atomic mass is 9.86. The number of piperazine rings is 1. The summed E-state index contributed by atoms with van der Waals surface area (Å²) in [6.07, 6.45) is 1.83. The Morgan fingerprint density at radius 2 is 1.31 bits per heavy atom. The smallest absolute Gasteiger partial charge is 0.253 e. The minimum absolute atomic E-state index is 0.0149. The third-order valence-electron chi connectivity index (χ3n) is 6.64. The fourth-order valence-corrected chi connectivity index (χ4v) is 4.90. The molecular formula is C29H29BrF2N2O2. The van der Waals surface area contributed by atoms with Crippen LogP contribution in [-0.2, 0) is 4.79 Å². The average Bonchev–Trinajstić information content (AvgIpc) is 2.88. The van der Waals surface area contributed by atoms with Gasteiger partial charge in [0.1, 0.15) is 17.4 Å². The van der Waals surface area contributed by atoms with E-state index in [1.165, 1.54) is 24.3 Å². The molecule has 0 N–H and O–H groups in total. The Bertz CT molecular complexity index is 1110. The van der Waals surface area contributed by atoms with Gasteiger partial charge in [-0.1, -0.05) is 40.2 Å². The summed E-state index contributed by atoms with van der Waals surface area (Å²) in [5.74, 6) is -0.455. The summed E-state index contributed by atoms with van der Waals surface area (Å²) in [6.45, 7) is 2.90. The molecule has 1 aliphatic heterocycles. The van der Waals surface area contributed by atoms with Crippen LogP contribution in [0.25, 0.3) is 0 Å². The zero-order chi connectivity index (χ0) is 25.5. The standard InChI is InChI=1S/C29H29BrF2N2O2/c30-24-10-4-23(5-11-24)29(36)34-18-16-33(17-19-34)20-27(35)2-1-3-28(21-6-12-25(31)13-7-21)22-8-14-26(32)15-9-22/h4-15,28H,1-3,16-20H2. The first-order valence-electron chi connectivity index (χ1n) is 12.2. The molecule has 0 bridgehead atoms. The highest BCUT2D eigenvalue weighted by atomic mass is 79.9. The Morgan fingerprint density at radius 3 is 1.83 bits per heavy atom. The van der Waals surface area contributed by atoms with E-state index in [-0.39, 0.29) is 29.2 Å². The molecule has 1 amide bonds. The van der Waals surface area contributed by atoms with E-state index in [0.29, 0.717) is 57.5 Å². The predicted octanol–water partition coefficient (Wildman–Crippen LogP) is 6.06. The van der Waals surface area contributed by atoms with Crippen LogP contribution in [0.4, 0.5) is 8.78 Å². The molecule has 4 rings (SSSR count). The number of Topliss-reactive ketones (excluding diaryl/α,β-unsaturated/α-hetero) is 1. The molecule has 1 fully saturated rings. The molecule has 1 heterocycles. The van der Waals surface area contributed by atoms with Crippen molar-refractivity contribution >= 4 is 27.6 Å². The van der Waals surface area contributed by atoms with Gasteiger partial charge < -0.3 is 4.90 Å². The van der Waals surface area contributed by atoms with Gasteiger partial charge in [-0.2, -0.15) is 0 Å². The molecule has 0 saturated carbocycles. The van der Waals surface area contributed by atoms with Crippen molar-refractivity contribution in [3.8, 4) is 0 Å². The van der Waals surface area contributed by atoms with Crippen LogP contribution < -0.4 is 0 Å². The fourth-order valence-electron chi connectivity index (χ4n) is 4.63. The van der Waals surface area contributed by atoms with Crippen LogP contribution in [0.5, 0.6) is 0 Å². The maximum atomic E-state index is 13.4. The third-order valence-corrected chi connectivity index (χ3v) is 7.17. The minimum atomic E-state index is -0.301. The highest BCUT2D eigenvalue weighted by Gasteiger charge is 2.23. The van der Waals surface area contributed by atoms with Gasteiger partial charge in [0.2, 0.25) is 0 Å². The van der Waals surface area contributed by atoms with Crippen LogP contribution in [0.15, 0.2) is 77.3 Å². The van der Waals surface area contributed by atoms with Crippen molar-refractivity contribution < 1.29 is 18.4 Å². The summed E-state index contributed by atoms with van der Waals surface area (Å²) >= 11 is 3.38. The number of nitrogens with zero attached hydrogens (tertiary/aromatic N) is 2. The Balaban J connectivity index is 1.26. The second-order valence-corrected chi connectivity index (χ2v) is 10.1. The molecule has 0 unspecified atom stereocenters. The van der Waals surface area contributed by atoms with Crippen molar-refractivity contribution in [1.29, 1.82) is 0 Å². The Morgan fingerprint density at radius 1 is 0.778 bits per heavy atom. The van der Waals surface area contributed by atoms with Gasteiger partial charge in [0.25, 0.3) is 5.91 Å². The van der Waals surface area contributed by atoms with Gasteiger partial charge in [-0.05, 0) is 72.5 Å². The number of hydrogen-bond acceptors (Lipinski definition) is 3. The molecule has 36 heavy (non-hydrogen) atoms. The molecule has 0 atom stereocenters. The van der Waals surface area contributed by atoms with Crippen molar-refractivity contribution in [3.05, 3.63) is 106 Å². The van der Waals surface area contributed by atoms with Gasteiger partial charge in [-0.25, -0.2) is 8.78 Å². The lowest BCUT2D eigenvalue weighted by Crippen LogP contribution is -2.49. The van der Waals surface area contributed by atoms with Crippen LogP contribution in [0.2, 0.25) is 0 Å². The van der Waals surface area contributed by atoms with Gasteiger partial charge in [-0.15, -0.1) is 0 Å². The number of amides is 1. The Kier molecular flexibility index (Phi) is 8.99. The number of carbonyl (C=O) groups excluding carboxylic acids is 2. The highest BCUT2D eigenvalue weighted by Crippen LogP contribution is 2.30. The van der Waals surface area contributed by atoms with Gasteiger partial charge in [-0.3, -0.25) is 14.5 Å². The van der Waals surface area contributed by atoms with Crippen LogP contribution in [0, 0.1) is 11.6 Å². The van der Waals surface area contributed by atoms with Gasteiger partial charge >= 0.3 is 0 Å². The zero-order valence-corrected chi connectivity index (χ0v) is 21.6. The predicted molar refractivity (Wildman–Crippen MR) is 140 cm³/mol. The summed E-state index contributed by atoms with van der Waals surface area (Å²) in [6, 6.07) is 20.1. The zero-order valence-electron chi connectivity index (χ0n) is 20.0. The largest absolute Gasteiger partial charge is 0.336 e. The lowest BCUT2D eigenvalue weighted by Gasteiger charge is -2.34. The monoisotopic (exact) mass is 554 g/mol. The molecule has 0 radical (unpaired) electrons. The Hall–Kier alpha value is -2.90. The Labute approximate surface area is 219 Å². The van der Waals surface area contributed by atoms with Gasteiger partial charge in [0.15, 0.2) is 0 Å². The molecule has 3 aromatic carbocycles. The first-order valence-corrected chi connectivity index (χ1v) is 13.0. The fraction of sp³-hybridized carbons (Fsp3) is 0.310. The van der Waals surface area contributed by atoms with Crippen LogP contribution >= 0.6 is 15.9 Å². The van der Waals surface area contributed by atoms with Crippen LogP contribution in [-0.4, -0.2) is 54.2 Å². The normalized spacial score (nSPS) is 14.3. The molecule has 4 nitrogen and oxygen atoms in total. The summed E-state index contributed by atoms with van der Waals surface area (Å²) in [5.41, 5.74) is 2.56. The van der Waals surface area contributed by atoms with Crippen molar-refractivity contribution in [3.63, 3.8) is 0 Å². The molecular weight excluding hydrogens is 526 g/mol. The van der Waals surface area contributed by atoms with E-state index >= 15 is 0 Å². The van der Waals surface area contributed by atoms with E-state index in [1.54, 1.807) is 24.3 Å². The maximum absolute atomic E-state index is 13.4. The maximum Gasteiger partial charge on any atom is 0.253 e. The van der Waals surface area contributed by atoms with E-state index < -0.39 is 0 Å². The minimum Gasteiger partial charge on any atom is -0.336 e. The molecule has 7 heteroatoms. The molecule has 188 valence electrons. The van der Waals surface area contributed by atoms with E-state index in [9.17, 15) is 18.4 Å². The number of ketones is 1. The molecule has 1 aliphatic rings. The average molecular weight is 555 g/mol. The number of carbonyl (C=O) groups is 2. The lowest BCUT2D eigenvalue weighted by molar-refractivity contribution is -0.120. The van der Waals surface area contributed by atoms with Crippen molar-refractivity contribution in [2.75, 3.05) is 32.7 Å². The number of rotatable bonds is 9. The van der Waals surface area contributed by atoms with Gasteiger partial charge in [0.05, 0.1) is 6.54 Å². The number of halogens is 3. The summed E-state index contributed by atoms with van der Waals surface area (Å²) in [4.78, 5) is 29.3. The summed E-state index contributed by atoms with van der Waals surface area (Å²) in [5, 5.41) is 0. The van der Waals surface area contributed by atoms with E-state index in [4.69, 9.17) is 0 Å². The van der Waals surface area contributed by atoms with Crippen LogP contribution in [0.3, 0.4) is 0 Å². The van der Waals surface area contributed by atoms with Crippen molar-refractivity contribution in [1.82, 2.24) is 9.80 Å².